The third-order valence-electron chi connectivity index (χ3n) is 2.19. The van der Waals surface area contributed by atoms with Crippen molar-refractivity contribution < 1.29 is 4.79 Å². The maximum Gasteiger partial charge on any atom is 0.246 e. The van der Waals surface area contributed by atoms with Gasteiger partial charge >= 0.3 is 0 Å². The van der Waals surface area contributed by atoms with Crippen LogP contribution >= 0.6 is 11.8 Å². The first kappa shape index (κ1) is 10.6. The van der Waals surface area contributed by atoms with Crippen LogP contribution in [0.3, 0.4) is 0 Å². The second kappa shape index (κ2) is 5.32. The van der Waals surface area contributed by atoms with Crippen molar-refractivity contribution in [1.29, 1.82) is 0 Å². The number of hydrogen-bond donors (Lipinski definition) is 0. The monoisotopic (exact) mass is 199 g/mol. The molecule has 0 aromatic carbocycles. The van der Waals surface area contributed by atoms with Crippen LogP contribution in [0.5, 0.6) is 0 Å². The van der Waals surface area contributed by atoms with Crippen molar-refractivity contribution in [3.63, 3.8) is 0 Å². The molecule has 1 saturated heterocycles. The van der Waals surface area contributed by atoms with Crippen molar-refractivity contribution in [1.82, 2.24) is 4.90 Å². The Kier molecular flexibility index (Phi) is 4.36. The fraction of sp³-hybridized carbons (Fsp3) is 0.700. The molecule has 1 heterocycles. The highest BCUT2D eigenvalue weighted by Gasteiger charge is 2.16. The summed E-state index contributed by atoms with van der Waals surface area (Å²) in [6.07, 6.45) is 4.58. The van der Waals surface area contributed by atoms with Gasteiger partial charge in [-0.1, -0.05) is 13.0 Å². The first-order valence-corrected chi connectivity index (χ1v) is 5.82. The highest BCUT2D eigenvalue weighted by molar-refractivity contribution is 7.99. The predicted octanol–water partition coefficient (Wildman–Crippen LogP) is 1.92. The third-order valence-corrected chi connectivity index (χ3v) is 3.41. The van der Waals surface area contributed by atoms with Crippen molar-refractivity contribution in [3.8, 4) is 0 Å². The number of amides is 1. The number of allylic oxidation sites excluding steroid dienone is 1. The van der Waals surface area contributed by atoms with E-state index in [1.165, 1.54) is 0 Å². The van der Waals surface area contributed by atoms with Gasteiger partial charge in [0.05, 0.1) is 0 Å². The van der Waals surface area contributed by atoms with Crippen molar-refractivity contribution in [2.45, 2.75) is 25.5 Å². The van der Waals surface area contributed by atoms with Gasteiger partial charge in [-0.15, -0.1) is 0 Å². The predicted molar refractivity (Wildman–Crippen MR) is 57.9 cm³/mol. The summed E-state index contributed by atoms with van der Waals surface area (Å²) in [6.45, 7) is 5.93. The quantitative estimate of drug-likeness (QED) is 0.601. The molecular formula is C10H17NOS. The van der Waals surface area contributed by atoms with Crippen LogP contribution in [0, 0.1) is 0 Å². The van der Waals surface area contributed by atoms with E-state index in [4.69, 9.17) is 0 Å². The fourth-order valence-corrected chi connectivity index (χ4v) is 2.37. The lowest BCUT2D eigenvalue weighted by Gasteiger charge is -2.17. The summed E-state index contributed by atoms with van der Waals surface area (Å²) in [7, 11) is 0. The molecule has 0 aromatic heterocycles. The minimum Gasteiger partial charge on any atom is -0.338 e. The normalized spacial score (nSPS) is 24.8. The van der Waals surface area contributed by atoms with E-state index in [9.17, 15) is 4.79 Å². The zero-order valence-corrected chi connectivity index (χ0v) is 9.14. The lowest BCUT2D eigenvalue weighted by molar-refractivity contribution is -0.125. The van der Waals surface area contributed by atoms with Crippen LogP contribution in [0.1, 0.15) is 20.3 Å². The van der Waals surface area contributed by atoms with Crippen LogP contribution in [0.15, 0.2) is 12.2 Å². The lowest BCUT2D eigenvalue weighted by atomic mass is 10.3. The van der Waals surface area contributed by atoms with Gasteiger partial charge in [0.1, 0.15) is 0 Å². The number of hydrogen-bond acceptors (Lipinski definition) is 2. The summed E-state index contributed by atoms with van der Waals surface area (Å²) in [5.74, 6) is 1.24. The van der Waals surface area contributed by atoms with Crippen LogP contribution in [0.25, 0.3) is 0 Å². The maximum absolute atomic E-state index is 11.5. The molecule has 1 unspecified atom stereocenters. The van der Waals surface area contributed by atoms with Gasteiger partial charge in [0.15, 0.2) is 0 Å². The van der Waals surface area contributed by atoms with E-state index in [-0.39, 0.29) is 5.91 Å². The molecule has 0 bridgehead atoms. The molecule has 0 aromatic rings. The Bertz CT molecular complexity index is 203. The minimum absolute atomic E-state index is 0.164. The minimum atomic E-state index is 0.164. The summed E-state index contributed by atoms with van der Waals surface area (Å²) in [4.78, 5) is 13.4. The summed E-state index contributed by atoms with van der Waals surface area (Å²) in [6, 6.07) is 0. The highest BCUT2D eigenvalue weighted by atomic mass is 32.2. The molecule has 13 heavy (non-hydrogen) atoms. The lowest BCUT2D eigenvalue weighted by Crippen LogP contribution is -2.31. The molecule has 1 amide bonds. The number of carbonyl (C=O) groups is 1. The van der Waals surface area contributed by atoms with E-state index < -0.39 is 0 Å². The van der Waals surface area contributed by atoms with Gasteiger partial charge in [-0.2, -0.15) is 11.8 Å². The molecule has 0 saturated carbocycles. The summed E-state index contributed by atoms with van der Waals surface area (Å²) < 4.78 is 0. The van der Waals surface area contributed by atoms with Crippen LogP contribution < -0.4 is 0 Å². The average molecular weight is 199 g/mol. The number of carbonyl (C=O) groups excluding carboxylic acids is 1. The van der Waals surface area contributed by atoms with Gasteiger partial charge in [0.2, 0.25) is 5.91 Å². The molecule has 1 fully saturated rings. The van der Waals surface area contributed by atoms with Gasteiger partial charge in [-0.25, -0.2) is 0 Å². The van der Waals surface area contributed by atoms with Crippen molar-refractivity contribution in [2.24, 2.45) is 0 Å². The van der Waals surface area contributed by atoms with Crippen molar-refractivity contribution >= 4 is 17.7 Å². The fourth-order valence-electron chi connectivity index (χ4n) is 1.37. The summed E-state index contributed by atoms with van der Waals surface area (Å²) in [5, 5.41) is 0.698. The van der Waals surface area contributed by atoms with E-state index >= 15 is 0 Å². The second-order valence-electron chi connectivity index (χ2n) is 3.30. The second-order valence-corrected chi connectivity index (χ2v) is 4.84. The van der Waals surface area contributed by atoms with Crippen LogP contribution in [0.4, 0.5) is 0 Å². The van der Waals surface area contributed by atoms with Crippen LogP contribution in [-0.2, 0) is 4.79 Å². The first-order valence-electron chi connectivity index (χ1n) is 4.77. The van der Waals surface area contributed by atoms with Crippen molar-refractivity contribution in [2.75, 3.05) is 18.8 Å². The Morgan fingerprint density at radius 1 is 1.54 bits per heavy atom. The standard InChI is InChI=1S/C10H17NOS/c1-3-4-10(12)11-6-5-9(2)13-8-7-11/h3-4,9H,5-8H2,1-2H3/b4-3+. The van der Waals surface area contributed by atoms with E-state index in [1.54, 1.807) is 6.08 Å². The highest BCUT2D eigenvalue weighted by Crippen LogP contribution is 2.18. The van der Waals surface area contributed by atoms with Crippen molar-refractivity contribution in [3.05, 3.63) is 12.2 Å². The van der Waals surface area contributed by atoms with Crippen LogP contribution in [-0.4, -0.2) is 34.9 Å². The molecule has 0 N–H and O–H groups in total. The Morgan fingerprint density at radius 2 is 2.31 bits per heavy atom. The molecule has 1 aliphatic rings. The Labute approximate surface area is 84.4 Å². The summed E-state index contributed by atoms with van der Waals surface area (Å²) in [5.41, 5.74) is 0. The molecular weight excluding hydrogens is 182 g/mol. The Balaban J connectivity index is 2.46. The zero-order valence-electron chi connectivity index (χ0n) is 8.32. The van der Waals surface area contributed by atoms with Gasteiger partial charge in [0.25, 0.3) is 0 Å². The molecule has 1 aliphatic heterocycles. The summed E-state index contributed by atoms with van der Waals surface area (Å²) >= 11 is 1.96. The molecule has 1 rings (SSSR count). The smallest absolute Gasteiger partial charge is 0.246 e. The molecule has 74 valence electrons. The topological polar surface area (TPSA) is 20.3 Å². The van der Waals surface area contributed by atoms with Gasteiger partial charge < -0.3 is 4.90 Å². The first-order chi connectivity index (χ1) is 6.24. The average Bonchev–Trinajstić information content (AvgIpc) is 2.30. The third kappa shape index (κ3) is 3.43. The largest absolute Gasteiger partial charge is 0.338 e. The Morgan fingerprint density at radius 3 is 3.00 bits per heavy atom. The van der Waals surface area contributed by atoms with Gasteiger partial charge in [-0.3, -0.25) is 4.79 Å². The van der Waals surface area contributed by atoms with Gasteiger partial charge in [-0.05, 0) is 19.4 Å². The number of rotatable bonds is 1. The van der Waals surface area contributed by atoms with E-state index in [0.717, 1.165) is 25.3 Å². The Hall–Kier alpha value is -0.440. The molecule has 1 atom stereocenters. The van der Waals surface area contributed by atoms with Gasteiger partial charge in [0, 0.05) is 24.1 Å². The van der Waals surface area contributed by atoms with E-state index in [1.807, 2.05) is 29.7 Å². The van der Waals surface area contributed by atoms with E-state index in [2.05, 4.69) is 6.92 Å². The molecule has 0 spiro atoms. The maximum atomic E-state index is 11.5. The van der Waals surface area contributed by atoms with Crippen LogP contribution in [0.2, 0.25) is 0 Å². The molecule has 0 aliphatic carbocycles. The molecule has 2 nitrogen and oxygen atoms in total. The number of nitrogens with zero attached hydrogens (tertiary/aromatic N) is 1. The molecule has 3 heteroatoms. The number of thioether (sulfide) groups is 1. The molecule has 0 radical (unpaired) electrons. The zero-order chi connectivity index (χ0) is 9.68. The SMILES string of the molecule is C/C=C/C(=O)N1CCSC(C)CC1. The van der Waals surface area contributed by atoms with E-state index in [0.29, 0.717) is 5.25 Å².